The number of piperidine rings is 1. The molecule has 0 amide bonds. The van der Waals surface area contributed by atoms with Gasteiger partial charge >= 0.3 is 0 Å². The third-order valence-electron chi connectivity index (χ3n) is 3.91. The highest BCUT2D eigenvalue weighted by molar-refractivity contribution is 5.79. The van der Waals surface area contributed by atoms with Gasteiger partial charge in [-0.3, -0.25) is 4.79 Å². The minimum atomic E-state index is 0.456. The van der Waals surface area contributed by atoms with Crippen LogP contribution in [0.4, 0.5) is 0 Å². The molecular formula is C12H21NO. The Morgan fingerprint density at radius 1 is 1.36 bits per heavy atom. The first-order chi connectivity index (χ1) is 6.75. The second-order valence-electron chi connectivity index (χ2n) is 5.01. The fourth-order valence-electron chi connectivity index (χ4n) is 2.55. The number of nitrogens with zero attached hydrogens (tertiary/aromatic N) is 1. The summed E-state index contributed by atoms with van der Waals surface area (Å²) in [6.45, 7) is 5.62. The Morgan fingerprint density at radius 2 is 2.00 bits per heavy atom. The molecule has 0 N–H and O–H groups in total. The van der Waals surface area contributed by atoms with Crippen molar-refractivity contribution < 1.29 is 4.79 Å². The Bertz CT molecular complexity index is 200. The van der Waals surface area contributed by atoms with E-state index in [0.717, 1.165) is 37.8 Å². The van der Waals surface area contributed by atoms with Crippen molar-refractivity contribution in [2.75, 3.05) is 19.6 Å². The van der Waals surface area contributed by atoms with Crippen molar-refractivity contribution in [3.8, 4) is 0 Å². The summed E-state index contributed by atoms with van der Waals surface area (Å²) >= 11 is 0. The Balaban J connectivity index is 1.71. The van der Waals surface area contributed by atoms with E-state index < -0.39 is 0 Å². The Hall–Kier alpha value is -0.370. The Kier molecular flexibility index (Phi) is 3.22. The zero-order valence-corrected chi connectivity index (χ0v) is 9.17. The molecule has 1 saturated heterocycles. The average Bonchev–Trinajstić information content (AvgIpc) is 2.06. The van der Waals surface area contributed by atoms with Crippen LogP contribution in [0.3, 0.4) is 0 Å². The van der Waals surface area contributed by atoms with Crippen molar-refractivity contribution >= 4 is 5.78 Å². The molecule has 0 aromatic heterocycles. The molecule has 0 bridgehead atoms. The lowest BCUT2D eigenvalue weighted by Crippen LogP contribution is -2.39. The topological polar surface area (TPSA) is 20.3 Å². The molecule has 1 aliphatic heterocycles. The van der Waals surface area contributed by atoms with Crippen LogP contribution in [0.15, 0.2) is 0 Å². The van der Waals surface area contributed by atoms with Crippen LogP contribution in [0.1, 0.15) is 39.0 Å². The summed E-state index contributed by atoms with van der Waals surface area (Å²) in [4.78, 5) is 13.5. The van der Waals surface area contributed by atoms with Crippen molar-refractivity contribution in [1.29, 1.82) is 0 Å². The molecule has 80 valence electrons. The third kappa shape index (κ3) is 2.35. The van der Waals surface area contributed by atoms with Gasteiger partial charge < -0.3 is 4.90 Å². The maximum atomic E-state index is 11.1. The summed E-state index contributed by atoms with van der Waals surface area (Å²) in [5.74, 6) is 2.28. The van der Waals surface area contributed by atoms with Crippen molar-refractivity contribution in [3.63, 3.8) is 0 Å². The number of ketones is 1. The van der Waals surface area contributed by atoms with Gasteiger partial charge in [0.15, 0.2) is 0 Å². The predicted octanol–water partition coefficient (Wildman–Crippen LogP) is 2.09. The predicted molar refractivity (Wildman–Crippen MR) is 57.2 cm³/mol. The van der Waals surface area contributed by atoms with Gasteiger partial charge in [0.05, 0.1) is 0 Å². The number of hydrogen-bond donors (Lipinski definition) is 0. The molecule has 1 atom stereocenters. The van der Waals surface area contributed by atoms with E-state index >= 15 is 0 Å². The van der Waals surface area contributed by atoms with E-state index in [2.05, 4.69) is 11.8 Å². The summed E-state index contributed by atoms with van der Waals surface area (Å²) in [5.41, 5.74) is 0. The van der Waals surface area contributed by atoms with Gasteiger partial charge in [-0.15, -0.1) is 0 Å². The highest BCUT2D eigenvalue weighted by atomic mass is 16.1. The average molecular weight is 195 g/mol. The largest absolute Gasteiger partial charge is 0.302 e. The van der Waals surface area contributed by atoms with Crippen LogP contribution in [0, 0.1) is 11.8 Å². The molecule has 1 saturated carbocycles. The first-order valence-corrected chi connectivity index (χ1v) is 6.00. The minimum Gasteiger partial charge on any atom is -0.302 e. The minimum absolute atomic E-state index is 0.456. The van der Waals surface area contributed by atoms with Crippen molar-refractivity contribution in [2.24, 2.45) is 11.8 Å². The normalized spacial score (nSPS) is 27.4. The lowest BCUT2D eigenvalue weighted by molar-refractivity contribution is -0.121. The molecule has 1 unspecified atom stereocenters. The standard InChI is InChI=1S/C12H21NO/c1-10(11-3-2-4-11)9-13-7-5-12(14)6-8-13/h10-11H,2-9H2,1H3. The van der Waals surface area contributed by atoms with E-state index in [4.69, 9.17) is 0 Å². The molecule has 2 nitrogen and oxygen atoms in total. The molecule has 2 rings (SSSR count). The highest BCUT2D eigenvalue weighted by Gasteiger charge is 2.26. The molecule has 2 fully saturated rings. The lowest BCUT2D eigenvalue weighted by Gasteiger charge is -2.36. The van der Waals surface area contributed by atoms with E-state index in [9.17, 15) is 4.79 Å². The number of likely N-dealkylation sites (tertiary alicyclic amines) is 1. The van der Waals surface area contributed by atoms with Crippen molar-refractivity contribution in [2.45, 2.75) is 39.0 Å². The van der Waals surface area contributed by atoms with Gasteiger partial charge in [0.25, 0.3) is 0 Å². The maximum absolute atomic E-state index is 11.1. The monoisotopic (exact) mass is 195 g/mol. The molecule has 0 spiro atoms. The number of carbonyl (C=O) groups excluding carboxylic acids is 1. The summed E-state index contributed by atoms with van der Waals surface area (Å²) in [6, 6.07) is 0. The molecule has 0 aromatic rings. The smallest absolute Gasteiger partial charge is 0.135 e. The van der Waals surface area contributed by atoms with E-state index in [1.807, 2.05) is 0 Å². The molecule has 2 aliphatic rings. The fraction of sp³-hybridized carbons (Fsp3) is 0.917. The zero-order valence-electron chi connectivity index (χ0n) is 9.17. The zero-order chi connectivity index (χ0) is 9.97. The summed E-state index contributed by atoms with van der Waals surface area (Å²) < 4.78 is 0. The second-order valence-corrected chi connectivity index (χ2v) is 5.01. The first-order valence-electron chi connectivity index (χ1n) is 6.00. The summed E-state index contributed by atoms with van der Waals surface area (Å²) in [5, 5.41) is 0. The maximum Gasteiger partial charge on any atom is 0.135 e. The Labute approximate surface area is 86.7 Å². The fourth-order valence-corrected chi connectivity index (χ4v) is 2.55. The van der Waals surface area contributed by atoms with Crippen molar-refractivity contribution in [3.05, 3.63) is 0 Å². The van der Waals surface area contributed by atoms with Crippen LogP contribution in [0.2, 0.25) is 0 Å². The lowest BCUT2D eigenvalue weighted by atomic mass is 9.76. The van der Waals surface area contributed by atoms with Crippen LogP contribution >= 0.6 is 0 Å². The number of hydrogen-bond acceptors (Lipinski definition) is 2. The van der Waals surface area contributed by atoms with Gasteiger partial charge in [-0.25, -0.2) is 0 Å². The first kappa shape index (κ1) is 10.2. The summed E-state index contributed by atoms with van der Waals surface area (Å²) in [7, 11) is 0. The SMILES string of the molecule is CC(CN1CCC(=O)CC1)C1CCC1. The molecule has 14 heavy (non-hydrogen) atoms. The van der Waals surface area contributed by atoms with Gasteiger partial charge in [-0.2, -0.15) is 0 Å². The van der Waals surface area contributed by atoms with E-state index in [1.165, 1.54) is 25.8 Å². The quantitative estimate of drug-likeness (QED) is 0.687. The molecule has 1 heterocycles. The molecule has 0 radical (unpaired) electrons. The third-order valence-corrected chi connectivity index (χ3v) is 3.91. The highest BCUT2D eigenvalue weighted by Crippen LogP contribution is 2.33. The van der Waals surface area contributed by atoms with Gasteiger partial charge in [0, 0.05) is 32.5 Å². The van der Waals surface area contributed by atoms with Crippen molar-refractivity contribution in [1.82, 2.24) is 4.90 Å². The molecule has 0 aromatic carbocycles. The van der Waals surface area contributed by atoms with Gasteiger partial charge in [0.1, 0.15) is 5.78 Å². The van der Waals surface area contributed by atoms with E-state index in [0.29, 0.717) is 5.78 Å². The summed E-state index contributed by atoms with van der Waals surface area (Å²) in [6.07, 6.45) is 5.89. The molecular weight excluding hydrogens is 174 g/mol. The van der Waals surface area contributed by atoms with Crippen LogP contribution < -0.4 is 0 Å². The number of Topliss-reactive ketones (excluding diaryl/α,β-unsaturated/α-hetero) is 1. The van der Waals surface area contributed by atoms with E-state index in [-0.39, 0.29) is 0 Å². The molecule has 1 aliphatic carbocycles. The van der Waals surface area contributed by atoms with Crippen LogP contribution in [-0.2, 0) is 4.79 Å². The van der Waals surface area contributed by atoms with Crippen LogP contribution in [-0.4, -0.2) is 30.3 Å². The number of rotatable bonds is 3. The Morgan fingerprint density at radius 3 is 2.50 bits per heavy atom. The van der Waals surface area contributed by atoms with Crippen LogP contribution in [0.25, 0.3) is 0 Å². The van der Waals surface area contributed by atoms with Crippen LogP contribution in [0.5, 0.6) is 0 Å². The van der Waals surface area contributed by atoms with E-state index in [1.54, 1.807) is 0 Å². The van der Waals surface area contributed by atoms with Gasteiger partial charge in [0.2, 0.25) is 0 Å². The molecule has 2 heteroatoms. The number of carbonyl (C=O) groups is 1. The second kappa shape index (κ2) is 4.43. The van der Waals surface area contributed by atoms with Gasteiger partial charge in [-0.05, 0) is 11.8 Å². The van der Waals surface area contributed by atoms with Gasteiger partial charge in [-0.1, -0.05) is 26.2 Å².